The molecule has 8 amide bonds. The lowest BCUT2D eigenvalue weighted by Gasteiger charge is -2.31. The summed E-state index contributed by atoms with van der Waals surface area (Å²) in [6.45, 7) is 0.575. The first-order chi connectivity index (χ1) is 35.9. The Balaban J connectivity index is 0.868. The monoisotopic (exact) mass is 1030 g/mol. The average molecular weight is 1030 g/mol. The maximum absolute atomic E-state index is 15.5. The number of hydrogen-bond acceptors (Lipinski definition) is 14. The molecular formula is C52H56FN9O13. The Morgan fingerprint density at radius 3 is 2.23 bits per heavy atom. The van der Waals surface area contributed by atoms with E-state index < -0.39 is 115 Å². The van der Waals surface area contributed by atoms with Crippen LogP contribution in [0.15, 0.2) is 59.4 Å². The first-order valence-corrected chi connectivity index (χ1v) is 24.6. The number of aryl methyl sites for hydroxylation is 1. The molecule has 0 radical (unpaired) electrons. The lowest BCUT2D eigenvalue weighted by molar-refractivity contribution is -0.172. The van der Waals surface area contributed by atoms with Crippen molar-refractivity contribution in [2.45, 2.75) is 102 Å². The smallest absolute Gasteiger partial charge is 0.343 e. The fourth-order valence-corrected chi connectivity index (χ4v) is 9.92. The summed E-state index contributed by atoms with van der Waals surface area (Å²) in [5.74, 6) is -6.51. The van der Waals surface area contributed by atoms with Crippen molar-refractivity contribution in [3.05, 3.63) is 110 Å². The molecule has 8 N–H and O–H groups in total. The van der Waals surface area contributed by atoms with E-state index in [1.54, 1.807) is 50.2 Å². The van der Waals surface area contributed by atoms with Gasteiger partial charge in [0.2, 0.25) is 35.4 Å². The number of nitrogens with one attached hydrogen (secondary N) is 6. The van der Waals surface area contributed by atoms with E-state index in [0.717, 1.165) is 4.90 Å². The molecule has 1 aliphatic carbocycles. The molecule has 4 atom stereocenters. The number of carbonyl (C=O) groups is 9. The largest absolute Gasteiger partial charge is 0.458 e. The van der Waals surface area contributed by atoms with Gasteiger partial charge in [-0.3, -0.25) is 48.1 Å². The molecule has 0 saturated carbocycles. The third-order valence-electron chi connectivity index (χ3n) is 14.0. The number of benzene rings is 2. The Bertz CT molecular complexity index is 3110. The maximum Gasteiger partial charge on any atom is 0.343 e. The standard InChI is InChI=1S/C52H56FN9O13/c1-3-52(74)32-19-38-47-30(24-62(38)50(72)31(32)26-75-51(52)73)46-34(14-13-29-27(2)33(53)20-35(60-47)45(29)46)57-42(67)23-56-48(70)36(18-28-10-6-4-7-11-28)58-41(66)22-54-40(65)21-55-49(71)37(25-63)59-39(64)12-8-5-9-17-61-43(68)15-16-44(61)69/h4,6-7,10-11,15-16,19-20,34,36-37,63,74H,3,5,8-9,12-14,17-18,21-26H2,1-2H3,(H,54,65)(H,55,71)(H,56,70)(H,57,67)(H,58,66)(H,59,64)/t34-,36-,37-,52-/m0/s1. The molecule has 23 heteroatoms. The molecule has 0 bridgehead atoms. The zero-order valence-corrected chi connectivity index (χ0v) is 41.1. The van der Waals surface area contributed by atoms with Crippen molar-refractivity contribution in [1.29, 1.82) is 0 Å². The predicted octanol–water partition coefficient (Wildman–Crippen LogP) is -0.331. The van der Waals surface area contributed by atoms with E-state index in [0.29, 0.717) is 76.7 Å². The van der Waals surface area contributed by atoms with Crippen LogP contribution >= 0.6 is 0 Å². The van der Waals surface area contributed by atoms with Crippen molar-refractivity contribution in [1.82, 2.24) is 46.4 Å². The van der Waals surface area contributed by atoms with Crippen LogP contribution in [0, 0.1) is 12.7 Å². The molecule has 0 saturated heterocycles. The number of amides is 8. The van der Waals surface area contributed by atoms with E-state index >= 15 is 4.39 Å². The van der Waals surface area contributed by atoms with Gasteiger partial charge in [0.15, 0.2) is 5.60 Å². The normalized spacial score (nSPS) is 17.8. The summed E-state index contributed by atoms with van der Waals surface area (Å²) in [4.78, 5) is 135. The molecule has 0 unspecified atom stereocenters. The summed E-state index contributed by atoms with van der Waals surface area (Å²) in [5, 5.41) is 36.9. The highest BCUT2D eigenvalue weighted by atomic mass is 19.1. The molecule has 22 nitrogen and oxygen atoms in total. The van der Waals surface area contributed by atoms with Crippen molar-refractivity contribution in [2.24, 2.45) is 0 Å². The van der Waals surface area contributed by atoms with Gasteiger partial charge >= 0.3 is 5.97 Å². The third kappa shape index (κ3) is 11.2. The summed E-state index contributed by atoms with van der Waals surface area (Å²) in [6.07, 6.45) is 4.32. The van der Waals surface area contributed by atoms with Gasteiger partial charge in [-0.25, -0.2) is 14.2 Å². The van der Waals surface area contributed by atoms with Crippen LogP contribution in [0.1, 0.15) is 90.4 Å². The zero-order chi connectivity index (χ0) is 53.7. The first-order valence-electron chi connectivity index (χ1n) is 24.6. The molecular weight excluding hydrogens is 978 g/mol. The van der Waals surface area contributed by atoms with E-state index in [4.69, 9.17) is 9.72 Å². The van der Waals surface area contributed by atoms with E-state index in [2.05, 4.69) is 31.9 Å². The van der Waals surface area contributed by atoms with Crippen LogP contribution < -0.4 is 37.5 Å². The molecule has 2 aromatic heterocycles. The number of aliphatic hydroxyl groups is 2. The number of fused-ring (bicyclic) bond motifs is 5. The van der Waals surface area contributed by atoms with Gasteiger partial charge in [0.1, 0.15) is 24.5 Å². The summed E-state index contributed by atoms with van der Waals surface area (Å²) in [6, 6.07) is 8.24. The number of halogens is 1. The Hall–Kier alpha value is -8.18. The van der Waals surface area contributed by atoms with Crippen LogP contribution in [0.25, 0.3) is 22.3 Å². The van der Waals surface area contributed by atoms with E-state index in [1.807, 2.05) is 0 Å². The van der Waals surface area contributed by atoms with Crippen molar-refractivity contribution >= 4 is 64.1 Å². The van der Waals surface area contributed by atoms with Crippen molar-refractivity contribution in [3.63, 3.8) is 0 Å². The Morgan fingerprint density at radius 2 is 1.52 bits per heavy atom. The van der Waals surface area contributed by atoms with E-state index in [-0.39, 0.29) is 55.6 Å². The molecule has 3 aliphatic heterocycles. The number of carbonyl (C=O) groups excluding carboxylic acids is 9. The molecule has 4 aliphatic rings. The Labute approximate surface area is 427 Å². The quantitative estimate of drug-likeness (QED) is 0.0265. The molecule has 2 aromatic carbocycles. The van der Waals surface area contributed by atoms with Gasteiger partial charge in [-0.1, -0.05) is 43.7 Å². The Kier molecular flexibility index (Phi) is 15.9. The van der Waals surface area contributed by atoms with Crippen LogP contribution in [0.4, 0.5) is 4.39 Å². The van der Waals surface area contributed by atoms with Crippen LogP contribution in [-0.4, -0.2) is 123 Å². The SMILES string of the molecule is CC[C@@]1(O)C(=O)OCc2c1cc1n(c2=O)Cc2c-1nc1cc(F)c(C)c3c1c2[C@@H](NC(=O)CNC(=O)[C@H](Cc1ccccc1)NC(=O)CNC(=O)CNC(=O)[C@H](CO)NC(=O)CCCCCN1C(=O)C=CC1=O)CC3. The van der Waals surface area contributed by atoms with Gasteiger partial charge in [0, 0.05) is 54.1 Å². The fraction of sp³-hybridized carbons (Fsp3) is 0.404. The summed E-state index contributed by atoms with van der Waals surface area (Å²) in [7, 11) is 0. The third-order valence-corrected chi connectivity index (χ3v) is 14.0. The number of pyridine rings is 2. The predicted molar refractivity (Wildman–Crippen MR) is 263 cm³/mol. The minimum Gasteiger partial charge on any atom is -0.458 e. The minimum atomic E-state index is -2.07. The van der Waals surface area contributed by atoms with Gasteiger partial charge in [-0.2, -0.15) is 0 Å². The lowest BCUT2D eigenvalue weighted by atomic mass is 9.81. The van der Waals surface area contributed by atoms with E-state index in [9.17, 15) is 58.2 Å². The number of aromatic nitrogens is 2. The molecule has 0 spiro atoms. The van der Waals surface area contributed by atoms with Crippen LogP contribution in [-0.2, 0) is 79.5 Å². The Morgan fingerprint density at radius 1 is 0.840 bits per heavy atom. The average Bonchev–Trinajstić information content (AvgIpc) is 3.96. The van der Waals surface area contributed by atoms with Crippen molar-refractivity contribution in [3.8, 4) is 11.4 Å². The number of imide groups is 1. The second kappa shape index (κ2) is 22.5. The second-order valence-corrected chi connectivity index (χ2v) is 18.8. The molecule has 4 aromatic rings. The highest BCUT2D eigenvalue weighted by Crippen LogP contribution is 2.46. The van der Waals surface area contributed by atoms with Crippen LogP contribution in [0.2, 0.25) is 0 Å². The molecule has 5 heterocycles. The van der Waals surface area contributed by atoms with Gasteiger partial charge in [-0.05, 0) is 67.3 Å². The number of unbranched alkanes of at least 4 members (excludes halogenated alkanes) is 2. The molecule has 75 heavy (non-hydrogen) atoms. The van der Waals surface area contributed by atoms with Gasteiger partial charge in [0.25, 0.3) is 17.4 Å². The number of ether oxygens (including phenoxy) is 1. The summed E-state index contributed by atoms with van der Waals surface area (Å²) >= 11 is 0. The number of hydrogen-bond donors (Lipinski definition) is 8. The van der Waals surface area contributed by atoms with Gasteiger partial charge < -0.3 is 51.4 Å². The minimum absolute atomic E-state index is 0.00755. The van der Waals surface area contributed by atoms with Gasteiger partial charge in [-0.15, -0.1) is 0 Å². The fourth-order valence-electron chi connectivity index (χ4n) is 9.92. The highest BCUT2D eigenvalue weighted by Gasteiger charge is 2.46. The highest BCUT2D eigenvalue weighted by molar-refractivity contribution is 6.12. The molecule has 394 valence electrons. The molecule has 8 rings (SSSR count). The zero-order valence-electron chi connectivity index (χ0n) is 41.1. The van der Waals surface area contributed by atoms with Crippen LogP contribution in [0.5, 0.6) is 0 Å². The number of rotatable bonds is 21. The second-order valence-electron chi connectivity index (χ2n) is 18.8. The lowest BCUT2D eigenvalue weighted by Crippen LogP contribution is -2.53. The van der Waals surface area contributed by atoms with E-state index in [1.165, 1.54) is 22.8 Å². The number of nitrogens with zero attached hydrogens (tertiary/aromatic N) is 3. The maximum atomic E-state index is 15.5. The van der Waals surface area contributed by atoms with Crippen molar-refractivity contribution in [2.75, 3.05) is 32.8 Å². The summed E-state index contributed by atoms with van der Waals surface area (Å²) < 4.78 is 22.1. The number of esters is 1. The number of cyclic esters (lactones) is 1. The summed E-state index contributed by atoms with van der Waals surface area (Å²) in [5.41, 5.74) is 1.54. The number of aliphatic hydroxyl groups excluding tert-OH is 1. The van der Waals surface area contributed by atoms with Crippen molar-refractivity contribution < 1.29 is 62.5 Å². The van der Waals surface area contributed by atoms with Crippen LogP contribution in [0.3, 0.4) is 0 Å². The first kappa shape index (κ1) is 53.1. The van der Waals surface area contributed by atoms with Gasteiger partial charge in [0.05, 0.1) is 61.3 Å². The molecule has 0 fully saturated rings. The topological polar surface area (TPSA) is 314 Å².